The standard InChI is InChI=1S/C11H22N2O2/c1-3-10-7-9(4-5-15-10)13-8(2)6-11(12)14/h8-10,13H,3-7H2,1-2H3,(H2,12,14). The second kappa shape index (κ2) is 6.08. The van der Waals surface area contributed by atoms with E-state index in [4.69, 9.17) is 10.5 Å². The molecule has 0 aliphatic carbocycles. The Balaban J connectivity index is 2.27. The van der Waals surface area contributed by atoms with Crippen LogP contribution in [0.5, 0.6) is 0 Å². The van der Waals surface area contributed by atoms with E-state index in [-0.39, 0.29) is 11.9 Å². The van der Waals surface area contributed by atoms with Gasteiger partial charge in [0.2, 0.25) is 5.91 Å². The topological polar surface area (TPSA) is 64.3 Å². The molecule has 1 saturated heterocycles. The number of amides is 1. The zero-order chi connectivity index (χ0) is 11.3. The van der Waals surface area contributed by atoms with Crippen LogP contribution in [0.1, 0.15) is 39.5 Å². The summed E-state index contributed by atoms with van der Waals surface area (Å²) in [7, 11) is 0. The van der Waals surface area contributed by atoms with Gasteiger partial charge in [0.15, 0.2) is 0 Å². The SMILES string of the molecule is CCC1CC(NC(C)CC(N)=O)CCO1. The Morgan fingerprint density at radius 2 is 2.40 bits per heavy atom. The third kappa shape index (κ3) is 4.62. The minimum atomic E-state index is -0.242. The van der Waals surface area contributed by atoms with E-state index in [1.807, 2.05) is 6.92 Å². The highest BCUT2D eigenvalue weighted by atomic mass is 16.5. The van der Waals surface area contributed by atoms with Crippen molar-refractivity contribution in [3.8, 4) is 0 Å². The van der Waals surface area contributed by atoms with Crippen LogP contribution in [0.3, 0.4) is 0 Å². The maximum absolute atomic E-state index is 10.7. The molecule has 4 heteroatoms. The van der Waals surface area contributed by atoms with Crippen molar-refractivity contribution in [1.82, 2.24) is 5.32 Å². The van der Waals surface area contributed by atoms with Crippen molar-refractivity contribution < 1.29 is 9.53 Å². The zero-order valence-corrected chi connectivity index (χ0v) is 9.66. The van der Waals surface area contributed by atoms with Gasteiger partial charge in [-0.2, -0.15) is 0 Å². The molecule has 0 aromatic heterocycles. The van der Waals surface area contributed by atoms with Crippen molar-refractivity contribution in [1.29, 1.82) is 0 Å². The van der Waals surface area contributed by atoms with E-state index < -0.39 is 0 Å². The predicted molar refractivity (Wildman–Crippen MR) is 59.5 cm³/mol. The summed E-state index contributed by atoms with van der Waals surface area (Å²) in [4.78, 5) is 10.7. The Hall–Kier alpha value is -0.610. The number of carbonyl (C=O) groups is 1. The van der Waals surface area contributed by atoms with Crippen molar-refractivity contribution in [2.24, 2.45) is 5.73 Å². The van der Waals surface area contributed by atoms with Crippen LogP contribution in [0.15, 0.2) is 0 Å². The van der Waals surface area contributed by atoms with Crippen LogP contribution >= 0.6 is 0 Å². The molecule has 1 fully saturated rings. The van der Waals surface area contributed by atoms with Gasteiger partial charge in [0.05, 0.1) is 6.10 Å². The van der Waals surface area contributed by atoms with Crippen LogP contribution in [-0.4, -0.2) is 30.7 Å². The predicted octanol–water partition coefficient (Wildman–Crippen LogP) is 0.797. The molecule has 0 aromatic rings. The molecule has 1 rings (SSSR count). The van der Waals surface area contributed by atoms with Crippen molar-refractivity contribution in [2.45, 2.75) is 57.7 Å². The minimum absolute atomic E-state index is 0.170. The van der Waals surface area contributed by atoms with Gasteiger partial charge >= 0.3 is 0 Å². The molecule has 0 radical (unpaired) electrons. The highest BCUT2D eigenvalue weighted by molar-refractivity contribution is 5.74. The Morgan fingerprint density at radius 3 is 3.00 bits per heavy atom. The van der Waals surface area contributed by atoms with E-state index in [0.29, 0.717) is 18.6 Å². The van der Waals surface area contributed by atoms with Gasteiger partial charge in [-0.15, -0.1) is 0 Å². The quantitative estimate of drug-likeness (QED) is 0.711. The lowest BCUT2D eigenvalue weighted by atomic mass is 10.0. The smallest absolute Gasteiger partial charge is 0.218 e. The second-order valence-electron chi connectivity index (χ2n) is 4.36. The van der Waals surface area contributed by atoms with Gasteiger partial charge in [-0.05, 0) is 26.2 Å². The molecule has 0 spiro atoms. The molecule has 0 bridgehead atoms. The summed E-state index contributed by atoms with van der Waals surface area (Å²) in [6.45, 7) is 4.96. The molecule has 3 N–H and O–H groups in total. The van der Waals surface area contributed by atoms with Crippen molar-refractivity contribution in [3.05, 3.63) is 0 Å². The number of nitrogens with two attached hydrogens (primary N) is 1. The van der Waals surface area contributed by atoms with Crippen molar-refractivity contribution in [2.75, 3.05) is 6.61 Å². The number of primary amides is 1. The van der Waals surface area contributed by atoms with Crippen LogP contribution in [-0.2, 0) is 9.53 Å². The van der Waals surface area contributed by atoms with Gasteiger partial charge < -0.3 is 15.8 Å². The van der Waals surface area contributed by atoms with Crippen LogP contribution in [0.25, 0.3) is 0 Å². The highest BCUT2D eigenvalue weighted by Gasteiger charge is 2.22. The molecule has 3 unspecified atom stereocenters. The molecule has 3 atom stereocenters. The molecular weight excluding hydrogens is 192 g/mol. The molecule has 1 heterocycles. The highest BCUT2D eigenvalue weighted by Crippen LogP contribution is 2.16. The molecule has 4 nitrogen and oxygen atoms in total. The summed E-state index contributed by atoms with van der Waals surface area (Å²) in [6, 6.07) is 0.640. The zero-order valence-electron chi connectivity index (χ0n) is 9.66. The summed E-state index contributed by atoms with van der Waals surface area (Å²) >= 11 is 0. The maximum Gasteiger partial charge on any atom is 0.218 e. The Labute approximate surface area is 91.5 Å². The van der Waals surface area contributed by atoms with Gasteiger partial charge in [-0.25, -0.2) is 0 Å². The van der Waals surface area contributed by atoms with Gasteiger partial charge in [0.25, 0.3) is 0 Å². The van der Waals surface area contributed by atoms with E-state index in [0.717, 1.165) is 25.9 Å². The fourth-order valence-corrected chi connectivity index (χ4v) is 2.08. The molecule has 1 aliphatic rings. The fourth-order valence-electron chi connectivity index (χ4n) is 2.08. The number of carbonyl (C=O) groups excluding carboxylic acids is 1. The molecule has 15 heavy (non-hydrogen) atoms. The summed E-state index contributed by atoms with van der Waals surface area (Å²) in [5.41, 5.74) is 5.15. The summed E-state index contributed by atoms with van der Waals surface area (Å²) in [6.07, 6.45) is 3.91. The third-order valence-corrected chi connectivity index (χ3v) is 2.85. The Kier molecular flexibility index (Phi) is 5.05. The van der Waals surface area contributed by atoms with Crippen LogP contribution < -0.4 is 11.1 Å². The Morgan fingerprint density at radius 1 is 1.67 bits per heavy atom. The van der Waals surface area contributed by atoms with Gasteiger partial charge in [0, 0.05) is 25.1 Å². The number of hydrogen-bond donors (Lipinski definition) is 2. The van der Waals surface area contributed by atoms with E-state index in [1.54, 1.807) is 0 Å². The molecular formula is C11H22N2O2. The first kappa shape index (κ1) is 12.5. The molecule has 1 amide bonds. The van der Waals surface area contributed by atoms with Crippen molar-refractivity contribution >= 4 is 5.91 Å². The average Bonchev–Trinajstić information content (AvgIpc) is 2.16. The third-order valence-electron chi connectivity index (χ3n) is 2.85. The molecule has 0 saturated carbocycles. The first-order valence-corrected chi connectivity index (χ1v) is 5.77. The van der Waals surface area contributed by atoms with Gasteiger partial charge in [0.1, 0.15) is 0 Å². The first-order valence-electron chi connectivity index (χ1n) is 5.77. The monoisotopic (exact) mass is 214 g/mol. The summed E-state index contributed by atoms with van der Waals surface area (Å²) in [5, 5.41) is 3.43. The van der Waals surface area contributed by atoms with Crippen molar-refractivity contribution in [3.63, 3.8) is 0 Å². The van der Waals surface area contributed by atoms with E-state index in [9.17, 15) is 4.79 Å². The lowest BCUT2D eigenvalue weighted by Gasteiger charge is -2.31. The molecule has 88 valence electrons. The van der Waals surface area contributed by atoms with Crippen LogP contribution in [0, 0.1) is 0 Å². The molecule has 0 aromatic carbocycles. The minimum Gasteiger partial charge on any atom is -0.378 e. The van der Waals surface area contributed by atoms with Gasteiger partial charge in [-0.3, -0.25) is 4.79 Å². The average molecular weight is 214 g/mol. The fraction of sp³-hybridized carbons (Fsp3) is 0.909. The van der Waals surface area contributed by atoms with Crippen LogP contribution in [0.4, 0.5) is 0 Å². The van der Waals surface area contributed by atoms with Crippen LogP contribution in [0.2, 0.25) is 0 Å². The van der Waals surface area contributed by atoms with E-state index in [2.05, 4.69) is 12.2 Å². The largest absolute Gasteiger partial charge is 0.378 e. The molecule has 1 aliphatic heterocycles. The first-order chi connectivity index (χ1) is 7.11. The summed E-state index contributed by atoms with van der Waals surface area (Å²) in [5.74, 6) is -0.242. The van der Waals surface area contributed by atoms with Gasteiger partial charge in [-0.1, -0.05) is 6.92 Å². The number of rotatable bonds is 5. The van der Waals surface area contributed by atoms with E-state index >= 15 is 0 Å². The lowest BCUT2D eigenvalue weighted by Crippen LogP contribution is -2.44. The Bertz CT molecular complexity index is 209. The summed E-state index contributed by atoms with van der Waals surface area (Å²) < 4.78 is 5.59. The lowest BCUT2D eigenvalue weighted by molar-refractivity contribution is -0.118. The number of hydrogen-bond acceptors (Lipinski definition) is 3. The second-order valence-corrected chi connectivity index (χ2v) is 4.36. The number of ether oxygens (including phenoxy) is 1. The maximum atomic E-state index is 10.7. The number of nitrogens with one attached hydrogen (secondary N) is 1. The van der Waals surface area contributed by atoms with E-state index in [1.165, 1.54) is 0 Å². The normalized spacial score (nSPS) is 28.7.